The van der Waals surface area contributed by atoms with Crippen molar-refractivity contribution in [2.45, 2.75) is 0 Å². The van der Waals surface area contributed by atoms with Crippen LogP contribution in [0.1, 0.15) is 0 Å². The molecule has 3 aromatic heterocycles. The second-order valence-electron chi connectivity index (χ2n) is 14.5. The molecule has 0 aliphatic rings. The van der Waals surface area contributed by atoms with Crippen LogP contribution in [-0.2, 0) is 0 Å². The first-order valence-corrected chi connectivity index (χ1v) is 19.0. The summed E-state index contributed by atoms with van der Waals surface area (Å²) in [4.78, 5) is 10.2. The standard InChI is InChI=1S/C52H31N3O/c1-3-14-32(15-4-1)46-31-47(54-52(53-46)33-16-5-2-6-17-33)44-24-13-23-42-43-29-28-41-40-22-11-12-25-48(40)55(49(41)51(43)56-50(42)44)34-26-27-39-37-20-8-7-18-35(37)36-19-9-10-21-38(36)45(39)30-34/h1-31H. The highest BCUT2D eigenvalue weighted by Crippen LogP contribution is 2.44. The zero-order valence-corrected chi connectivity index (χ0v) is 30.1. The third-order valence-electron chi connectivity index (χ3n) is 11.4. The van der Waals surface area contributed by atoms with Crippen LogP contribution >= 0.6 is 0 Å². The van der Waals surface area contributed by atoms with E-state index in [0.29, 0.717) is 5.82 Å². The maximum absolute atomic E-state index is 7.17. The number of aromatic nitrogens is 3. The highest BCUT2D eigenvalue weighted by Gasteiger charge is 2.22. The van der Waals surface area contributed by atoms with Crippen LogP contribution in [0.4, 0.5) is 0 Å². The molecule has 0 spiro atoms. The smallest absolute Gasteiger partial charge is 0.160 e. The Morgan fingerprint density at radius 1 is 0.357 bits per heavy atom. The maximum atomic E-state index is 7.17. The molecule has 9 aromatic carbocycles. The molecule has 0 atom stereocenters. The lowest BCUT2D eigenvalue weighted by molar-refractivity contribution is 0.672. The van der Waals surface area contributed by atoms with Crippen molar-refractivity contribution in [3.05, 3.63) is 188 Å². The van der Waals surface area contributed by atoms with Gasteiger partial charge >= 0.3 is 0 Å². The van der Waals surface area contributed by atoms with Crippen LogP contribution in [0.25, 0.3) is 116 Å². The van der Waals surface area contributed by atoms with E-state index >= 15 is 0 Å². The van der Waals surface area contributed by atoms with E-state index in [1.807, 2.05) is 36.4 Å². The van der Waals surface area contributed by atoms with Crippen molar-refractivity contribution in [3.63, 3.8) is 0 Å². The van der Waals surface area contributed by atoms with Crippen LogP contribution in [0, 0.1) is 0 Å². The molecule has 0 amide bonds. The van der Waals surface area contributed by atoms with Gasteiger partial charge in [-0.05, 0) is 68.7 Å². The minimum absolute atomic E-state index is 0.675. The zero-order chi connectivity index (χ0) is 36.7. The third-order valence-corrected chi connectivity index (χ3v) is 11.4. The number of furan rings is 1. The Kier molecular flexibility index (Phi) is 6.60. The fourth-order valence-electron chi connectivity index (χ4n) is 8.87. The van der Waals surface area contributed by atoms with Gasteiger partial charge in [0, 0.05) is 43.9 Å². The summed E-state index contributed by atoms with van der Waals surface area (Å²) in [5, 5.41) is 12.0. The Morgan fingerprint density at radius 2 is 0.893 bits per heavy atom. The average molecular weight is 714 g/mol. The average Bonchev–Trinajstić information content (AvgIpc) is 3.83. The molecule has 0 radical (unpaired) electrons. The molecular weight excluding hydrogens is 683 g/mol. The van der Waals surface area contributed by atoms with Crippen molar-refractivity contribution in [2.24, 2.45) is 0 Å². The number of benzene rings is 9. The zero-order valence-electron chi connectivity index (χ0n) is 30.1. The number of hydrogen-bond donors (Lipinski definition) is 0. The molecule has 56 heavy (non-hydrogen) atoms. The number of rotatable bonds is 4. The number of hydrogen-bond acceptors (Lipinski definition) is 3. The normalized spacial score (nSPS) is 11.9. The SMILES string of the molecule is c1ccc(-c2cc(-c3cccc4c3oc3c4ccc4c5ccccc5n(-c5ccc6c7ccccc7c7ccccc7c6c5)c43)nc(-c3ccccc3)n2)cc1. The molecule has 12 aromatic rings. The quantitative estimate of drug-likeness (QED) is 0.171. The largest absolute Gasteiger partial charge is 0.453 e. The predicted octanol–water partition coefficient (Wildman–Crippen LogP) is 13.9. The lowest BCUT2D eigenvalue weighted by Crippen LogP contribution is -1.96. The van der Waals surface area contributed by atoms with Gasteiger partial charge in [0.05, 0.1) is 22.4 Å². The molecule has 0 saturated carbocycles. The second-order valence-corrected chi connectivity index (χ2v) is 14.5. The first kappa shape index (κ1) is 30.9. The van der Waals surface area contributed by atoms with Crippen LogP contribution in [0.15, 0.2) is 192 Å². The van der Waals surface area contributed by atoms with Crippen molar-refractivity contribution in [3.8, 4) is 39.6 Å². The van der Waals surface area contributed by atoms with E-state index in [4.69, 9.17) is 14.4 Å². The molecule has 0 fully saturated rings. The van der Waals surface area contributed by atoms with Crippen molar-refractivity contribution in [1.29, 1.82) is 0 Å². The van der Waals surface area contributed by atoms with Gasteiger partial charge in [0.1, 0.15) is 5.58 Å². The van der Waals surface area contributed by atoms with E-state index in [1.54, 1.807) is 0 Å². The molecular formula is C52H31N3O. The lowest BCUT2D eigenvalue weighted by atomic mass is 9.94. The van der Waals surface area contributed by atoms with E-state index in [1.165, 1.54) is 37.7 Å². The molecule has 4 heteroatoms. The Bertz CT molecular complexity index is 3430. The fourth-order valence-corrected chi connectivity index (χ4v) is 8.87. The van der Waals surface area contributed by atoms with E-state index in [-0.39, 0.29) is 0 Å². The molecule has 0 saturated heterocycles. The summed E-state index contributed by atoms with van der Waals surface area (Å²) in [7, 11) is 0. The summed E-state index contributed by atoms with van der Waals surface area (Å²) < 4.78 is 9.56. The fraction of sp³-hybridized carbons (Fsp3) is 0. The van der Waals surface area contributed by atoms with Gasteiger partial charge < -0.3 is 8.98 Å². The molecule has 0 aliphatic heterocycles. The molecule has 0 unspecified atom stereocenters. The van der Waals surface area contributed by atoms with Crippen LogP contribution < -0.4 is 0 Å². The van der Waals surface area contributed by atoms with Gasteiger partial charge in [-0.15, -0.1) is 0 Å². The Morgan fingerprint density at radius 3 is 1.62 bits per heavy atom. The van der Waals surface area contributed by atoms with E-state index in [2.05, 4.69) is 156 Å². The Hall–Kier alpha value is -7.56. The summed E-state index contributed by atoms with van der Waals surface area (Å²) in [6, 6.07) is 66.5. The van der Waals surface area contributed by atoms with Gasteiger partial charge in [-0.2, -0.15) is 0 Å². The topological polar surface area (TPSA) is 43.9 Å². The maximum Gasteiger partial charge on any atom is 0.160 e. The molecule has 4 nitrogen and oxygen atoms in total. The predicted molar refractivity (Wildman–Crippen MR) is 232 cm³/mol. The Balaban J connectivity index is 1.14. The third kappa shape index (κ3) is 4.53. The lowest BCUT2D eigenvalue weighted by Gasteiger charge is -2.13. The summed E-state index contributed by atoms with van der Waals surface area (Å²) in [5.41, 5.74) is 9.53. The highest BCUT2D eigenvalue weighted by atomic mass is 16.3. The van der Waals surface area contributed by atoms with Crippen molar-refractivity contribution < 1.29 is 4.42 Å². The minimum atomic E-state index is 0.675. The van der Waals surface area contributed by atoms with Gasteiger partial charge in [0.25, 0.3) is 0 Å². The molecule has 0 bridgehead atoms. The first-order chi connectivity index (χ1) is 27.8. The number of nitrogens with zero attached hydrogens (tertiary/aromatic N) is 3. The van der Waals surface area contributed by atoms with Gasteiger partial charge in [-0.3, -0.25) is 0 Å². The molecule has 12 rings (SSSR count). The Labute approximate surface area is 321 Å². The highest BCUT2D eigenvalue weighted by molar-refractivity contribution is 6.26. The van der Waals surface area contributed by atoms with E-state index < -0.39 is 0 Å². The van der Waals surface area contributed by atoms with Crippen molar-refractivity contribution in [2.75, 3.05) is 0 Å². The van der Waals surface area contributed by atoms with Gasteiger partial charge in [-0.1, -0.05) is 152 Å². The van der Waals surface area contributed by atoms with Gasteiger partial charge in [0.2, 0.25) is 0 Å². The molecule has 0 N–H and O–H groups in total. The molecule has 260 valence electrons. The number of para-hydroxylation sites is 2. The monoisotopic (exact) mass is 713 g/mol. The van der Waals surface area contributed by atoms with Crippen molar-refractivity contribution in [1.82, 2.24) is 14.5 Å². The van der Waals surface area contributed by atoms with Crippen LogP contribution in [0.2, 0.25) is 0 Å². The van der Waals surface area contributed by atoms with E-state index in [9.17, 15) is 0 Å². The molecule has 3 heterocycles. The summed E-state index contributed by atoms with van der Waals surface area (Å²) in [5.74, 6) is 0.675. The summed E-state index contributed by atoms with van der Waals surface area (Å²) in [6.45, 7) is 0. The first-order valence-electron chi connectivity index (χ1n) is 19.0. The minimum Gasteiger partial charge on any atom is -0.453 e. The van der Waals surface area contributed by atoms with Gasteiger partial charge in [-0.25, -0.2) is 9.97 Å². The number of fused-ring (bicyclic) bond motifs is 13. The summed E-state index contributed by atoms with van der Waals surface area (Å²) in [6.07, 6.45) is 0. The summed E-state index contributed by atoms with van der Waals surface area (Å²) >= 11 is 0. The van der Waals surface area contributed by atoms with E-state index in [0.717, 1.165) is 72.1 Å². The van der Waals surface area contributed by atoms with Crippen LogP contribution in [0.3, 0.4) is 0 Å². The van der Waals surface area contributed by atoms with Crippen LogP contribution in [-0.4, -0.2) is 14.5 Å². The second kappa shape index (κ2) is 12.0. The van der Waals surface area contributed by atoms with Crippen molar-refractivity contribution >= 4 is 76.1 Å². The van der Waals surface area contributed by atoms with Gasteiger partial charge in [0.15, 0.2) is 11.4 Å². The van der Waals surface area contributed by atoms with Crippen LogP contribution in [0.5, 0.6) is 0 Å². The molecule has 0 aliphatic carbocycles.